The lowest BCUT2D eigenvalue weighted by Gasteiger charge is -2.09. The summed E-state index contributed by atoms with van der Waals surface area (Å²) >= 11 is 7.65. The fourth-order valence-corrected chi connectivity index (χ4v) is 2.52. The number of nitrogens with zero attached hydrogens (tertiary/aromatic N) is 1. The van der Waals surface area contributed by atoms with Gasteiger partial charge in [-0.05, 0) is 42.3 Å². The third-order valence-electron chi connectivity index (χ3n) is 2.78. The summed E-state index contributed by atoms with van der Waals surface area (Å²) in [4.78, 5) is 16.7. The van der Waals surface area contributed by atoms with E-state index in [4.69, 9.17) is 0 Å². The number of amides is 1. The Hall–Kier alpha value is -1.33. The average Bonchev–Trinajstić information content (AvgIpc) is 2.37. The Bertz CT molecular complexity index is 616. The predicted molar refractivity (Wildman–Crippen MR) is 81.5 cm³/mol. The van der Waals surface area contributed by atoms with Crippen molar-refractivity contribution in [2.24, 2.45) is 0 Å². The Kier molecular flexibility index (Phi) is 4.61. The summed E-state index contributed by atoms with van der Waals surface area (Å²) in [6, 6.07) is 7.28. The van der Waals surface area contributed by atoms with E-state index < -0.39 is 0 Å². The molecular weight excluding hydrogens is 324 g/mol. The van der Waals surface area contributed by atoms with E-state index in [2.05, 4.69) is 38.9 Å². The molecule has 3 nitrogen and oxygen atoms in total. The molecular formula is C14H13BrN2OS. The number of rotatable bonds is 3. The second-order valence-electron chi connectivity index (χ2n) is 4.15. The number of thiol groups is 1. The number of halogens is 1. The molecule has 2 rings (SSSR count). The van der Waals surface area contributed by atoms with Crippen LogP contribution in [-0.2, 0) is 6.54 Å². The molecule has 1 aromatic carbocycles. The number of nitrogens with one attached hydrogen (secondary N) is 1. The lowest BCUT2D eigenvalue weighted by atomic mass is 10.1. The molecule has 0 aliphatic carbocycles. The maximum Gasteiger partial charge on any atom is 0.252 e. The van der Waals surface area contributed by atoms with E-state index in [0.29, 0.717) is 17.0 Å². The van der Waals surface area contributed by atoms with Gasteiger partial charge < -0.3 is 5.32 Å². The van der Waals surface area contributed by atoms with Crippen molar-refractivity contribution in [2.45, 2.75) is 18.4 Å². The van der Waals surface area contributed by atoms with Gasteiger partial charge in [-0.25, -0.2) is 0 Å². The fourth-order valence-electron chi connectivity index (χ4n) is 1.67. The highest BCUT2D eigenvalue weighted by Crippen LogP contribution is 2.19. The van der Waals surface area contributed by atoms with Crippen LogP contribution in [0.25, 0.3) is 0 Å². The van der Waals surface area contributed by atoms with Crippen molar-refractivity contribution in [3.05, 3.63) is 57.8 Å². The molecule has 0 aliphatic rings. The first kappa shape index (κ1) is 14.1. The molecule has 0 atom stereocenters. The number of carbonyl (C=O) groups is 1. The molecule has 1 aromatic heterocycles. The first-order valence-corrected chi connectivity index (χ1v) is 6.98. The van der Waals surface area contributed by atoms with Gasteiger partial charge in [-0.2, -0.15) is 0 Å². The molecule has 1 N–H and O–H groups in total. The van der Waals surface area contributed by atoms with Crippen LogP contribution in [0.1, 0.15) is 21.5 Å². The van der Waals surface area contributed by atoms with Crippen molar-refractivity contribution in [3.8, 4) is 0 Å². The lowest BCUT2D eigenvalue weighted by Crippen LogP contribution is -2.23. The quantitative estimate of drug-likeness (QED) is 0.844. The Labute approximate surface area is 126 Å². The molecule has 0 unspecified atom stereocenters. The maximum absolute atomic E-state index is 12.1. The van der Waals surface area contributed by atoms with E-state index in [0.717, 1.165) is 15.6 Å². The smallest absolute Gasteiger partial charge is 0.252 e. The van der Waals surface area contributed by atoms with Gasteiger partial charge in [0, 0.05) is 28.3 Å². The van der Waals surface area contributed by atoms with Crippen LogP contribution in [0.5, 0.6) is 0 Å². The highest BCUT2D eigenvalue weighted by molar-refractivity contribution is 9.10. The standard InChI is InChI=1S/C14H13BrN2OS/c1-9-7-16-5-4-10(9)8-17-14(18)12-3-2-11(15)6-13(12)19/h2-7,19H,8H2,1H3,(H,17,18). The molecule has 0 aliphatic heterocycles. The van der Waals surface area contributed by atoms with Crippen LogP contribution >= 0.6 is 28.6 Å². The van der Waals surface area contributed by atoms with Crippen LogP contribution < -0.4 is 5.32 Å². The summed E-state index contributed by atoms with van der Waals surface area (Å²) < 4.78 is 0.902. The predicted octanol–water partition coefficient (Wildman–Crippen LogP) is 3.37. The van der Waals surface area contributed by atoms with Crippen LogP contribution in [0, 0.1) is 6.92 Å². The minimum absolute atomic E-state index is 0.131. The third kappa shape index (κ3) is 3.58. The molecule has 1 amide bonds. The third-order valence-corrected chi connectivity index (χ3v) is 3.64. The van der Waals surface area contributed by atoms with Crippen molar-refractivity contribution < 1.29 is 4.79 Å². The van der Waals surface area contributed by atoms with E-state index >= 15 is 0 Å². The molecule has 98 valence electrons. The Morgan fingerprint density at radius 1 is 1.42 bits per heavy atom. The minimum Gasteiger partial charge on any atom is -0.348 e. The molecule has 19 heavy (non-hydrogen) atoms. The topological polar surface area (TPSA) is 42.0 Å². The Balaban J connectivity index is 2.08. The van der Waals surface area contributed by atoms with E-state index in [9.17, 15) is 4.79 Å². The number of hydrogen-bond donors (Lipinski definition) is 2. The van der Waals surface area contributed by atoms with Gasteiger partial charge >= 0.3 is 0 Å². The largest absolute Gasteiger partial charge is 0.348 e. The van der Waals surface area contributed by atoms with Crippen molar-refractivity contribution in [2.75, 3.05) is 0 Å². The van der Waals surface area contributed by atoms with Crippen molar-refractivity contribution in [1.29, 1.82) is 0 Å². The van der Waals surface area contributed by atoms with Gasteiger partial charge in [0.25, 0.3) is 5.91 Å². The van der Waals surface area contributed by atoms with Crippen molar-refractivity contribution in [3.63, 3.8) is 0 Å². The van der Waals surface area contributed by atoms with E-state index in [-0.39, 0.29) is 5.91 Å². The first-order valence-electron chi connectivity index (χ1n) is 5.74. The summed E-state index contributed by atoms with van der Waals surface area (Å²) in [5.74, 6) is -0.131. The van der Waals surface area contributed by atoms with E-state index in [1.54, 1.807) is 24.5 Å². The van der Waals surface area contributed by atoms with Crippen LogP contribution in [0.15, 0.2) is 46.0 Å². The van der Waals surface area contributed by atoms with Crippen molar-refractivity contribution >= 4 is 34.5 Å². The van der Waals surface area contributed by atoms with Gasteiger partial charge in [-0.3, -0.25) is 9.78 Å². The van der Waals surface area contributed by atoms with Crippen LogP contribution in [0.3, 0.4) is 0 Å². The molecule has 0 bridgehead atoms. The van der Waals surface area contributed by atoms with Gasteiger partial charge in [0.05, 0.1) is 5.56 Å². The molecule has 1 heterocycles. The summed E-state index contributed by atoms with van der Waals surface area (Å²) in [5, 5.41) is 2.89. The van der Waals surface area contributed by atoms with E-state index in [1.807, 2.05) is 19.1 Å². The van der Waals surface area contributed by atoms with Crippen LogP contribution in [-0.4, -0.2) is 10.9 Å². The van der Waals surface area contributed by atoms with Gasteiger partial charge in [0.15, 0.2) is 0 Å². The van der Waals surface area contributed by atoms with Gasteiger partial charge in [-0.1, -0.05) is 15.9 Å². The molecule has 2 aromatic rings. The monoisotopic (exact) mass is 336 g/mol. The Morgan fingerprint density at radius 3 is 2.89 bits per heavy atom. The second-order valence-corrected chi connectivity index (χ2v) is 5.54. The molecule has 5 heteroatoms. The number of benzene rings is 1. The molecule has 0 saturated heterocycles. The highest BCUT2D eigenvalue weighted by atomic mass is 79.9. The summed E-state index contributed by atoms with van der Waals surface area (Å²) in [6.45, 7) is 2.45. The number of aryl methyl sites for hydroxylation is 1. The molecule has 0 radical (unpaired) electrons. The first-order chi connectivity index (χ1) is 9.08. The summed E-state index contributed by atoms with van der Waals surface area (Å²) in [5.41, 5.74) is 2.68. The van der Waals surface area contributed by atoms with Crippen LogP contribution in [0.2, 0.25) is 0 Å². The second kappa shape index (κ2) is 6.21. The Morgan fingerprint density at radius 2 is 2.21 bits per heavy atom. The number of aromatic nitrogens is 1. The number of pyridine rings is 1. The SMILES string of the molecule is Cc1cnccc1CNC(=O)c1ccc(Br)cc1S. The fraction of sp³-hybridized carbons (Fsp3) is 0.143. The summed E-state index contributed by atoms with van der Waals surface area (Å²) in [6.07, 6.45) is 3.50. The number of carbonyl (C=O) groups excluding carboxylic acids is 1. The normalized spacial score (nSPS) is 10.3. The maximum atomic E-state index is 12.1. The zero-order chi connectivity index (χ0) is 13.8. The number of hydrogen-bond acceptors (Lipinski definition) is 3. The van der Waals surface area contributed by atoms with E-state index in [1.165, 1.54) is 0 Å². The lowest BCUT2D eigenvalue weighted by molar-refractivity contribution is 0.0948. The highest BCUT2D eigenvalue weighted by Gasteiger charge is 2.09. The zero-order valence-electron chi connectivity index (χ0n) is 10.4. The van der Waals surface area contributed by atoms with Gasteiger partial charge in [-0.15, -0.1) is 12.6 Å². The van der Waals surface area contributed by atoms with Gasteiger partial charge in [0.2, 0.25) is 0 Å². The summed E-state index contributed by atoms with van der Waals surface area (Å²) in [7, 11) is 0. The van der Waals surface area contributed by atoms with Gasteiger partial charge in [0.1, 0.15) is 0 Å². The molecule has 0 fully saturated rings. The average molecular weight is 337 g/mol. The van der Waals surface area contributed by atoms with Crippen molar-refractivity contribution in [1.82, 2.24) is 10.3 Å². The molecule has 0 saturated carbocycles. The zero-order valence-corrected chi connectivity index (χ0v) is 12.8. The van der Waals surface area contributed by atoms with Crippen LogP contribution in [0.4, 0.5) is 0 Å². The minimum atomic E-state index is -0.131. The molecule has 0 spiro atoms.